The fraction of sp³-hybridized carbons (Fsp3) is 0.529. The number of aryl methyl sites for hydroxylation is 1. The summed E-state index contributed by atoms with van der Waals surface area (Å²) in [7, 11) is 0. The number of hydrogen-bond donors (Lipinski definition) is 1. The summed E-state index contributed by atoms with van der Waals surface area (Å²) in [5, 5.41) is 2.96. The van der Waals surface area contributed by atoms with E-state index in [1.54, 1.807) is 17.0 Å². The van der Waals surface area contributed by atoms with Crippen molar-refractivity contribution in [2.75, 3.05) is 19.6 Å². The second-order valence-corrected chi connectivity index (χ2v) is 6.31. The number of halogens is 1. The van der Waals surface area contributed by atoms with E-state index < -0.39 is 0 Å². The number of hydrogen-bond acceptors (Lipinski definition) is 2. The monoisotopic (exact) mass is 304 g/mol. The summed E-state index contributed by atoms with van der Waals surface area (Å²) in [6.45, 7) is 1.84. The maximum absolute atomic E-state index is 12.8. The highest BCUT2D eigenvalue weighted by molar-refractivity contribution is 5.84. The summed E-state index contributed by atoms with van der Waals surface area (Å²) in [4.78, 5) is 25.6. The van der Waals surface area contributed by atoms with Crippen molar-refractivity contribution in [3.63, 3.8) is 0 Å². The van der Waals surface area contributed by atoms with E-state index >= 15 is 0 Å². The summed E-state index contributed by atoms with van der Waals surface area (Å²) in [5.41, 5.74) is 0.953. The van der Waals surface area contributed by atoms with E-state index in [2.05, 4.69) is 5.32 Å². The molecule has 0 unspecified atom stereocenters. The van der Waals surface area contributed by atoms with E-state index in [1.165, 1.54) is 25.0 Å². The number of carbonyl (C=O) groups is 2. The van der Waals surface area contributed by atoms with Crippen LogP contribution in [0, 0.1) is 17.7 Å². The topological polar surface area (TPSA) is 49.4 Å². The van der Waals surface area contributed by atoms with E-state index in [1.807, 2.05) is 0 Å². The van der Waals surface area contributed by atoms with Gasteiger partial charge in [-0.15, -0.1) is 0 Å². The predicted molar refractivity (Wildman–Crippen MR) is 80.5 cm³/mol. The van der Waals surface area contributed by atoms with E-state index in [9.17, 15) is 14.0 Å². The van der Waals surface area contributed by atoms with Gasteiger partial charge in [0.1, 0.15) is 5.82 Å². The maximum atomic E-state index is 12.8. The zero-order valence-corrected chi connectivity index (χ0v) is 12.6. The molecule has 1 aliphatic heterocycles. The van der Waals surface area contributed by atoms with E-state index in [-0.39, 0.29) is 23.5 Å². The molecule has 1 N–H and O–H groups in total. The molecule has 1 saturated heterocycles. The smallest absolute Gasteiger partial charge is 0.226 e. The SMILES string of the molecule is O=C(NCC1CC1)C1CN(C(=O)CCc2ccc(F)cc2)C1. The molecule has 0 atom stereocenters. The molecular formula is C17H21FN2O2. The quantitative estimate of drug-likeness (QED) is 0.870. The number of carbonyl (C=O) groups excluding carboxylic acids is 2. The molecule has 0 radical (unpaired) electrons. The number of rotatable bonds is 6. The molecule has 1 aromatic carbocycles. The summed E-state index contributed by atoms with van der Waals surface area (Å²) < 4.78 is 12.8. The normalized spacial score (nSPS) is 18.0. The van der Waals surface area contributed by atoms with Crippen molar-refractivity contribution in [1.29, 1.82) is 0 Å². The molecule has 1 saturated carbocycles. The van der Waals surface area contributed by atoms with E-state index in [0.29, 0.717) is 31.8 Å². The Kier molecular flexibility index (Phi) is 4.41. The Labute approximate surface area is 129 Å². The van der Waals surface area contributed by atoms with Gasteiger partial charge in [-0.05, 0) is 42.9 Å². The fourth-order valence-electron chi connectivity index (χ4n) is 2.62. The van der Waals surface area contributed by atoms with Crippen molar-refractivity contribution in [1.82, 2.24) is 10.2 Å². The lowest BCUT2D eigenvalue weighted by Gasteiger charge is -2.38. The Bertz CT molecular complexity index is 548. The number of nitrogens with zero attached hydrogens (tertiary/aromatic N) is 1. The Hall–Kier alpha value is -1.91. The molecule has 2 amide bonds. The Balaban J connectivity index is 1.35. The first-order chi connectivity index (χ1) is 10.6. The average Bonchev–Trinajstić information content (AvgIpc) is 3.27. The average molecular weight is 304 g/mol. The summed E-state index contributed by atoms with van der Waals surface area (Å²) in [5.74, 6) is 0.508. The van der Waals surface area contributed by atoms with Gasteiger partial charge in [-0.25, -0.2) is 4.39 Å². The minimum atomic E-state index is -0.266. The van der Waals surface area contributed by atoms with Crippen molar-refractivity contribution in [2.24, 2.45) is 11.8 Å². The molecule has 3 rings (SSSR count). The van der Waals surface area contributed by atoms with E-state index in [0.717, 1.165) is 12.1 Å². The number of nitrogens with one attached hydrogen (secondary N) is 1. The molecular weight excluding hydrogens is 283 g/mol. The summed E-state index contributed by atoms with van der Waals surface area (Å²) in [6, 6.07) is 6.22. The molecule has 0 aromatic heterocycles. The third-order valence-corrected chi connectivity index (χ3v) is 4.41. The van der Waals surface area contributed by atoms with Crippen LogP contribution in [0.5, 0.6) is 0 Å². The zero-order chi connectivity index (χ0) is 15.5. The van der Waals surface area contributed by atoms with Gasteiger partial charge in [-0.1, -0.05) is 12.1 Å². The molecule has 0 spiro atoms. The van der Waals surface area contributed by atoms with Crippen LogP contribution in [0.2, 0.25) is 0 Å². The highest BCUT2D eigenvalue weighted by atomic mass is 19.1. The van der Waals surface area contributed by atoms with Gasteiger partial charge in [0, 0.05) is 26.1 Å². The van der Waals surface area contributed by atoms with Crippen LogP contribution in [0.4, 0.5) is 4.39 Å². The van der Waals surface area contributed by atoms with Crippen LogP contribution in [0.25, 0.3) is 0 Å². The van der Waals surface area contributed by atoms with Gasteiger partial charge < -0.3 is 10.2 Å². The third kappa shape index (κ3) is 3.84. The highest BCUT2D eigenvalue weighted by Crippen LogP contribution is 2.28. The molecule has 22 heavy (non-hydrogen) atoms. The van der Waals surface area contributed by atoms with E-state index in [4.69, 9.17) is 0 Å². The Morgan fingerprint density at radius 2 is 1.86 bits per heavy atom. The molecule has 1 heterocycles. The van der Waals surface area contributed by atoms with Crippen molar-refractivity contribution in [2.45, 2.75) is 25.7 Å². The zero-order valence-electron chi connectivity index (χ0n) is 12.6. The predicted octanol–water partition coefficient (Wildman–Crippen LogP) is 1.74. The van der Waals surface area contributed by atoms with Crippen LogP contribution in [0.15, 0.2) is 24.3 Å². The van der Waals surface area contributed by atoms with Gasteiger partial charge in [-0.3, -0.25) is 9.59 Å². The first kappa shape index (κ1) is 15.0. The van der Waals surface area contributed by atoms with Crippen LogP contribution >= 0.6 is 0 Å². The van der Waals surface area contributed by atoms with Crippen LogP contribution < -0.4 is 5.32 Å². The molecule has 0 bridgehead atoms. The lowest BCUT2D eigenvalue weighted by Crippen LogP contribution is -2.55. The molecule has 5 heteroatoms. The standard InChI is InChI=1S/C17H21FN2O2/c18-15-6-3-12(4-7-15)5-8-16(21)20-10-14(11-20)17(22)19-9-13-1-2-13/h3-4,6-7,13-14H,1-2,5,8-11H2,(H,19,22). The fourth-order valence-corrected chi connectivity index (χ4v) is 2.62. The number of amides is 2. The molecule has 2 fully saturated rings. The maximum Gasteiger partial charge on any atom is 0.226 e. The number of likely N-dealkylation sites (tertiary alicyclic amines) is 1. The Morgan fingerprint density at radius 1 is 1.18 bits per heavy atom. The second-order valence-electron chi connectivity index (χ2n) is 6.31. The van der Waals surface area contributed by atoms with Gasteiger partial charge in [0.25, 0.3) is 0 Å². The molecule has 2 aliphatic rings. The van der Waals surface area contributed by atoms with Crippen LogP contribution in [-0.2, 0) is 16.0 Å². The number of benzene rings is 1. The van der Waals surface area contributed by atoms with Gasteiger partial charge in [-0.2, -0.15) is 0 Å². The summed E-state index contributed by atoms with van der Waals surface area (Å²) in [6.07, 6.45) is 3.45. The van der Waals surface area contributed by atoms with Gasteiger partial charge >= 0.3 is 0 Å². The van der Waals surface area contributed by atoms with Gasteiger partial charge in [0.15, 0.2) is 0 Å². The van der Waals surface area contributed by atoms with Crippen LogP contribution in [-0.4, -0.2) is 36.3 Å². The van der Waals surface area contributed by atoms with Gasteiger partial charge in [0.05, 0.1) is 5.92 Å². The molecule has 118 valence electrons. The summed E-state index contributed by atoms with van der Waals surface area (Å²) >= 11 is 0. The minimum Gasteiger partial charge on any atom is -0.355 e. The first-order valence-electron chi connectivity index (χ1n) is 7.92. The van der Waals surface area contributed by atoms with Crippen LogP contribution in [0.1, 0.15) is 24.8 Å². The first-order valence-corrected chi connectivity index (χ1v) is 7.92. The van der Waals surface area contributed by atoms with Gasteiger partial charge in [0.2, 0.25) is 11.8 Å². The highest BCUT2D eigenvalue weighted by Gasteiger charge is 2.35. The van der Waals surface area contributed by atoms with Crippen molar-refractivity contribution < 1.29 is 14.0 Å². The van der Waals surface area contributed by atoms with Crippen molar-refractivity contribution in [3.05, 3.63) is 35.6 Å². The van der Waals surface area contributed by atoms with Crippen molar-refractivity contribution >= 4 is 11.8 Å². The third-order valence-electron chi connectivity index (χ3n) is 4.41. The molecule has 1 aromatic rings. The minimum absolute atomic E-state index is 0.0477. The Morgan fingerprint density at radius 3 is 2.50 bits per heavy atom. The molecule has 4 nitrogen and oxygen atoms in total. The lowest BCUT2D eigenvalue weighted by atomic mass is 9.98. The van der Waals surface area contributed by atoms with Crippen molar-refractivity contribution in [3.8, 4) is 0 Å². The largest absolute Gasteiger partial charge is 0.355 e. The molecule has 1 aliphatic carbocycles. The second kappa shape index (κ2) is 6.46. The lowest BCUT2D eigenvalue weighted by molar-refractivity contribution is -0.143. The van der Waals surface area contributed by atoms with Crippen LogP contribution in [0.3, 0.4) is 0 Å².